The van der Waals surface area contributed by atoms with Gasteiger partial charge in [0, 0.05) is 17.3 Å². The Morgan fingerprint density at radius 2 is 2.20 bits per heavy atom. The third-order valence-electron chi connectivity index (χ3n) is 3.55. The fourth-order valence-corrected chi connectivity index (χ4v) is 5.57. The normalized spacial score (nSPS) is 21.7. The molecular formula is C14H24N2O2S2. The lowest BCUT2D eigenvalue weighted by Gasteiger charge is -2.06. The Morgan fingerprint density at radius 1 is 1.45 bits per heavy atom. The van der Waals surface area contributed by atoms with Gasteiger partial charge in [0.1, 0.15) is 0 Å². The van der Waals surface area contributed by atoms with Crippen LogP contribution in [0.15, 0.2) is 0 Å². The van der Waals surface area contributed by atoms with Gasteiger partial charge in [-0.2, -0.15) is 0 Å². The molecule has 2 rings (SSSR count). The molecule has 6 heteroatoms. The molecule has 1 saturated heterocycles. The molecule has 0 saturated carbocycles. The first-order chi connectivity index (χ1) is 9.41. The molecule has 20 heavy (non-hydrogen) atoms. The lowest BCUT2D eigenvalue weighted by atomic mass is 10.1. The molecule has 1 aromatic rings. The van der Waals surface area contributed by atoms with Gasteiger partial charge >= 0.3 is 0 Å². The molecule has 0 amide bonds. The van der Waals surface area contributed by atoms with E-state index in [1.165, 1.54) is 4.88 Å². The lowest BCUT2D eigenvalue weighted by molar-refractivity contribution is 0.553. The van der Waals surface area contributed by atoms with E-state index in [1.807, 2.05) is 0 Å². The van der Waals surface area contributed by atoms with Gasteiger partial charge in [-0.05, 0) is 25.3 Å². The Labute approximate surface area is 125 Å². The summed E-state index contributed by atoms with van der Waals surface area (Å²) in [6.45, 7) is 8.33. The van der Waals surface area contributed by atoms with E-state index in [2.05, 4.69) is 31.1 Å². The first-order valence-corrected chi connectivity index (χ1v) is 9.94. The van der Waals surface area contributed by atoms with Crippen LogP contribution < -0.4 is 5.32 Å². The number of hydrogen-bond acceptors (Lipinski definition) is 5. The topological polar surface area (TPSA) is 59.1 Å². The zero-order chi connectivity index (χ0) is 14.8. The van der Waals surface area contributed by atoms with E-state index in [1.54, 1.807) is 11.3 Å². The summed E-state index contributed by atoms with van der Waals surface area (Å²) in [7, 11) is -2.83. The minimum Gasteiger partial charge on any atom is -0.312 e. The number of sulfone groups is 1. The number of nitrogens with zero attached hydrogens (tertiary/aromatic N) is 1. The van der Waals surface area contributed by atoms with Crippen molar-refractivity contribution in [1.29, 1.82) is 0 Å². The molecule has 1 N–H and O–H groups in total. The van der Waals surface area contributed by atoms with E-state index < -0.39 is 9.84 Å². The third kappa shape index (κ3) is 4.02. The van der Waals surface area contributed by atoms with Crippen molar-refractivity contribution < 1.29 is 8.42 Å². The van der Waals surface area contributed by atoms with Crippen molar-refractivity contribution in [3.63, 3.8) is 0 Å². The quantitative estimate of drug-likeness (QED) is 0.875. The summed E-state index contributed by atoms with van der Waals surface area (Å²) in [5.74, 6) is 1.35. The Bertz CT molecular complexity index is 550. The summed E-state index contributed by atoms with van der Waals surface area (Å²) in [5, 5.41) is 4.47. The molecular weight excluding hydrogens is 292 g/mol. The Morgan fingerprint density at radius 3 is 2.75 bits per heavy atom. The van der Waals surface area contributed by atoms with Crippen LogP contribution in [-0.2, 0) is 22.8 Å². The van der Waals surface area contributed by atoms with E-state index in [-0.39, 0.29) is 11.7 Å². The molecule has 1 aromatic heterocycles. The maximum atomic E-state index is 11.6. The Hall–Kier alpha value is -0.460. The standard InChI is InChI=1S/C14H24N2O2S2/c1-4-12-13(8-15-7-10(2)3)19-14(16-12)11-5-6-20(17,18)9-11/h10-11,15H,4-9H2,1-3H3. The number of thiazole rings is 1. The molecule has 0 spiro atoms. The minimum atomic E-state index is -2.83. The maximum absolute atomic E-state index is 11.6. The first kappa shape index (κ1) is 15.9. The highest BCUT2D eigenvalue weighted by Gasteiger charge is 2.31. The molecule has 1 fully saturated rings. The average molecular weight is 316 g/mol. The highest BCUT2D eigenvalue weighted by Crippen LogP contribution is 2.33. The summed E-state index contributed by atoms with van der Waals surface area (Å²) >= 11 is 1.70. The SMILES string of the molecule is CCc1nc(C2CCS(=O)(=O)C2)sc1CNCC(C)C. The van der Waals surface area contributed by atoms with Gasteiger partial charge in [0.15, 0.2) is 9.84 Å². The van der Waals surface area contributed by atoms with Crippen molar-refractivity contribution in [1.82, 2.24) is 10.3 Å². The van der Waals surface area contributed by atoms with Crippen LogP contribution in [0.2, 0.25) is 0 Å². The van der Waals surface area contributed by atoms with Crippen LogP contribution in [0.3, 0.4) is 0 Å². The minimum absolute atomic E-state index is 0.120. The smallest absolute Gasteiger partial charge is 0.151 e. The van der Waals surface area contributed by atoms with E-state index in [9.17, 15) is 8.42 Å². The molecule has 114 valence electrons. The Kier molecular flexibility index (Phi) is 5.20. The second-order valence-corrected chi connectivity index (χ2v) is 9.24. The Balaban J connectivity index is 2.06. The highest BCUT2D eigenvalue weighted by atomic mass is 32.2. The van der Waals surface area contributed by atoms with E-state index in [0.717, 1.165) is 36.6 Å². The van der Waals surface area contributed by atoms with Crippen LogP contribution in [0.1, 0.15) is 48.7 Å². The second-order valence-electron chi connectivity index (χ2n) is 5.90. The zero-order valence-corrected chi connectivity index (χ0v) is 14.1. The van der Waals surface area contributed by atoms with Crippen molar-refractivity contribution in [3.8, 4) is 0 Å². The van der Waals surface area contributed by atoms with Crippen LogP contribution in [-0.4, -0.2) is 31.5 Å². The number of rotatable bonds is 6. The molecule has 2 heterocycles. The number of aromatic nitrogens is 1. The van der Waals surface area contributed by atoms with Gasteiger partial charge in [-0.3, -0.25) is 0 Å². The molecule has 4 nitrogen and oxygen atoms in total. The van der Waals surface area contributed by atoms with Gasteiger partial charge in [-0.15, -0.1) is 11.3 Å². The molecule has 0 radical (unpaired) electrons. The second kappa shape index (κ2) is 6.54. The molecule has 1 atom stereocenters. The lowest BCUT2D eigenvalue weighted by Crippen LogP contribution is -2.18. The van der Waals surface area contributed by atoms with Gasteiger partial charge in [0.25, 0.3) is 0 Å². The zero-order valence-electron chi connectivity index (χ0n) is 12.5. The van der Waals surface area contributed by atoms with Crippen LogP contribution in [0.4, 0.5) is 0 Å². The van der Waals surface area contributed by atoms with Gasteiger partial charge in [-0.25, -0.2) is 13.4 Å². The van der Waals surface area contributed by atoms with Crippen molar-refractivity contribution in [3.05, 3.63) is 15.6 Å². The summed E-state index contributed by atoms with van der Waals surface area (Å²) < 4.78 is 23.2. The van der Waals surface area contributed by atoms with Crippen LogP contribution in [0.5, 0.6) is 0 Å². The average Bonchev–Trinajstić information content (AvgIpc) is 2.92. The molecule has 1 aliphatic heterocycles. The van der Waals surface area contributed by atoms with Gasteiger partial charge < -0.3 is 5.32 Å². The fraction of sp³-hybridized carbons (Fsp3) is 0.786. The number of hydrogen-bond donors (Lipinski definition) is 1. The molecule has 0 bridgehead atoms. The van der Waals surface area contributed by atoms with Gasteiger partial charge in [0.2, 0.25) is 0 Å². The van der Waals surface area contributed by atoms with Gasteiger partial charge in [-0.1, -0.05) is 20.8 Å². The van der Waals surface area contributed by atoms with E-state index in [0.29, 0.717) is 11.7 Å². The monoisotopic (exact) mass is 316 g/mol. The summed E-state index contributed by atoms with van der Waals surface area (Å²) in [6, 6.07) is 0. The van der Waals surface area contributed by atoms with Gasteiger partial charge in [0.05, 0.1) is 22.2 Å². The van der Waals surface area contributed by atoms with E-state index in [4.69, 9.17) is 0 Å². The van der Waals surface area contributed by atoms with Crippen LogP contribution >= 0.6 is 11.3 Å². The summed E-state index contributed by atoms with van der Waals surface area (Å²) in [4.78, 5) is 5.96. The largest absolute Gasteiger partial charge is 0.312 e. The third-order valence-corrected chi connectivity index (χ3v) is 6.58. The van der Waals surface area contributed by atoms with Crippen LogP contribution in [0.25, 0.3) is 0 Å². The molecule has 1 aliphatic rings. The van der Waals surface area contributed by atoms with E-state index >= 15 is 0 Å². The number of nitrogens with one attached hydrogen (secondary N) is 1. The molecule has 1 unspecified atom stereocenters. The molecule has 0 aromatic carbocycles. The van der Waals surface area contributed by atoms with Crippen molar-refractivity contribution >= 4 is 21.2 Å². The summed E-state index contributed by atoms with van der Waals surface area (Å²) in [5.41, 5.74) is 1.13. The van der Waals surface area contributed by atoms with Crippen molar-refractivity contribution in [2.45, 2.75) is 46.1 Å². The number of aryl methyl sites for hydroxylation is 1. The highest BCUT2D eigenvalue weighted by molar-refractivity contribution is 7.91. The fourth-order valence-electron chi connectivity index (χ4n) is 2.46. The van der Waals surface area contributed by atoms with Crippen LogP contribution in [0, 0.1) is 5.92 Å². The predicted molar refractivity (Wildman–Crippen MR) is 84.0 cm³/mol. The van der Waals surface area contributed by atoms with Crippen molar-refractivity contribution in [2.24, 2.45) is 5.92 Å². The summed E-state index contributed by atoms with van der Waals surface area (Å²) in [6.07, 6.45) is 1.65. The van der Waals surface area contributed by atoms with Crippen molar-refractivity contribution in [2.75, 3.05) is 18.1 Å². The molecule has 0 aliphatic carbocycles. The maximum Gasteiger partial charge on any atom is 0.151 e. The predicted octanol–water partition coefficient (Wildman–Crippen LogP) is 2.35. The first-order valence-electron chi connectivity index (χ1n) is 7.31.